The number of hydrogen-bond donors (Lipinski definition) is 3. The van der Waals surface area contributed by atoms with Crippen molar-refractivity contribution in [2.24, 2.45) is 0 Å². The van der Waals surface area contributed by atoms with E-state index in [-0.39, 0.29) is 0 Å². The third kappa shape index (κ3) is 29.2. The van der Waals surface area contributed by atoms with E-state index in [0.717, 1.165) is 6.42 Å². The first-order valence-corrected chi connectivity index (χ1v) is 7.48. The molecule has 0 aromatic rings. The van der Waals surface area contributed by atoms with Gasteiger partial charge in [0.25, 0.3) is 0 Å². The van der Waals surface area contributed by atoms with Gasteiger partial charge in [0, 0.05) is 6.61 Å². The number of aliphatic hydroxyl groups excluding tert-OH is 1. The molecule has 0 aliphatic rings. The molecule has 0 saturated carbocycles. The number of unbranched alkanes of at least 4 members (excludes halogenated alkanes) is 8. The van der Waals surface area contributed by atoms with Crippen molar-refractivity contribution in [3.63, 3.8) is 0 Å². The third-order valence-corrected chi connectivity index (χ3v) is 2.26. The highest BCUT2D eigenvalue weighted by atomic mass is 31.1. The minimum atomic E-state index is -3.13. The topological polar surface area (TPSA) is 77.8 Å². The van der Waals surface area contributed by atoms with Gasteiger partial charge in [-0.15, -0.1) is 0 Å². The van der Waals surface area contributed by atoms with E-state index < -0.39 is 8.25 Å². The van der Waals surface area contributed by atoms with E-state index in [1.54, 1.807) is 0 Å². The van der Waals surface area contributed by atoms with Crippen LogP contribution in [-0.2, 0) is 4.57 Å². The highest BCUT2D eigenvalue weighted by Gasteiger charge is 1.90. The van der Waals surface area contributed by atoms with E-state index in [2.05, 4.69) is 6.92 Å². The molecule has 4 nitrogen and oxygen atoms in total. The van der Waals surface area contributed by atoms with Gasteiger partial charge in [-0.25, -0.2) is 0 Å². The summed E-state index contributed by atoms with van der Waals surface area (Å²) in [4.78, 5) is 14.3. The molecule has 16 heavy (non-hydrogen) atoms. The Balaban J connectivity index is 0. The number of hydrogen-bond acceptors (Lipinski definition) is 2. The Morgan fingerprint density at radius 1 is 0.812 bits per heavy atom. The van der Waals surface area contributed by atoms with Gasteiger partial charge in [0.2, 0.25) is 0 Å². The molecular weight excluding hydrogens is 227 g/mol. The lowest BCUT2D eigenvalue weighted by atomic mass is 10.1. The summed E-state index contributed by atoms with van der Waals surface area (Å²) in [6, 6.07) is 0. The summed E-state index contributed by atoms with van der Waals surface area (Å²) in [7, 11) is -3.13. The minimum absolute atomic E-state index is 0.371. The molecule has 0 atom stereocenters. The Bertz CT molecular complexity index is 128. The lowest BCUT2D eigenvalue weighted by Gasteiger charge is -1.99. The van der Waals surface area contributed by atoms with Crippen molar-refractivity contribution >= 4 is 8.25 Å². The van der Waals surface area contributed by atoms with Gasteiger partial charge in [0.15, 0.2) is 0 Å². The average Bonchev–Trinajstić information content (AvgIpc) is 2.21. The van der Waals surface area contributed by atoms with Crippen LogP contribution in [0, 0.1) is 0 Å². The van der Waals surface area contributed by atoms with E-state index in [1.165, 1.54) is 51.4 Å². The summed E-state index contributed by atoms with van der Waals surface area (Å²) in [5, 5.41) is 8.54. The average molecular weight is 254 g/mol. The molecule has 5 heteroatoms. The molecule has 0 unspecified atom stereocenters. The summed E-state index contributed by atoms with van der Waals surface area (Å²) in [5.74, 6) is 0. The minimum Gasteiger partial charge on any atom is -0.396 e. The lowest BCUT2D eigenvalue weighted by Crippen LogP contribution is -1.84. The SMILES string of the molecule is CCCCCCCCCCCO.O=[PH](O)O. The van der Waals surface area contributed by atoms with Gasteiger partial charge in [0.05, 0.1) is 0 Å². The second kappa shape index (κ2) is 17.5. The summed E-state index contributed by atoms with van der Waals surface area (Å²) in [6.45, 7) is 2.62. The predicted molar refractivity (Wildman–Crippen MR) is 67.8 cm³/mol. The molecular formula is C11H27O4P. The van der Waals surface area contributed by atoms with Gasteiger partial charge in [0.1, 0.15) is 0 Å². The first-order valence-electron chi connectivity index (χ1n) is 6.17. The van der Waals surface area contributed by atoms with Crippen LogP contribution in [0.15, 0.2) is 0 Å². The summed E-state index contributed by atoms with van der Waals surface area (Å²) in [6.07, 6.45) is 11.8. The van der Waals surface area contributed by atoms with E-state index >= 15 is 0 Å². The van der Waals surface area contributed by atoms with Crippen LogP contribution in [0.4, 0.5) is 0 Å². The van der Waals surface area contributed by atoms with Crippen LogP contribution in [0.5, 0.6) is 0 Å². The van der Waals surface area contributed by atoms with Crippen LogP contribution in [0.1, 0.15) is 64.7 Å². The Kier molecular flexibility index (Phi) is 20.2. The van der Waals surface area contributed by atoms with Crippen molar-refractivity contribution in [3.05, 3.63) is 0 Å². The molecule has 0 heterocycles. The molecule has 0 saturated heterocycles. The molecule has 0 bridgehead atoms. The summed E-state index contributed by atoms with van der Waals surface area (Å²) in [5.41, 5.74) is 0. The number of aliphatic hydroxyl groups is 1. The Hall–Kier alpha value is 0.110. The lowest BCUT2D eigenvalue weighted by molar-refractivity contribution is 0.282. The van der Waals surface area contributed by atoms with E-state index in [0.29, 0.717) is 6.61 Å². The van der Waals surface area contributed by atoms with Gasteiger partial charge < -0.3 is 14.9 Å². The molecule has 3 N–H and O–H groups in total. The van der Waals surface area contributed by atoms with Crippen molar-refractivity contribution in [1.29, 1.82) is 0 Å². The second-order valence-corrected chi connectivity index (χ2v) is 4.40. The largest absolute Gasteiger partial charge is 0.396 e. The second-order valence-electron chi connectivity index (χ2n) is 3.83. The Morgan fingerprint density at radius 2 is 1.12 bits per heavy atom. The first kappa shape index (κ1) is 18.5. The quantitative estimate of drug-likeness (QED) is 0.436. The summed E-state index contributed by atoms with van der Waals surface area (Å²) >= 11 is 0. The summed E-state index contributed by atoms with van der Waals surface area (Å²) < 4.78 is 8.74. The van der Waals surface area contributed by atoms with Crippen LogP contribution < -0.4 is 0 Å². The van der Waals surface area contributed by atoms with E-state index in [1.807, 2.05) is 0 Å². The molecule has 100 valence electrons. The highest BCUT2D eigenvalue weighted by Crippen LogP contribution is 2.08. The molecule has 0 aliphatic heterocycles. The molecule has 0 fully saturated rings. The molecule has 0 aromatic heterocycles. The van der Waals surface area contributed by atoms with Crippen molar-refractivity contribution in [3.8, 4) is 0 Å². The molecule has 0 rings (SSSR count). The standard InChI is InChI=1S/C11H24O.H3O3P/c1-2-3-4-5-6-7-8-9-10-11-12;1-4(2)3/h12H,2-11H2,1H3;4H,(H2,1,2,3). The van der Waals surface area contributed by atoms with Crippen LogP contribution in [-0.4, -0.2) is 21.5 Å². The van der Waals surface area contributed by atoms with Gasteiger partial charge in [-0.2, -0.15) is 0 Å². The fourth-order valence-corrected chi connectivity index (χ4v) is 1.42. The van der Waals surface area contributed by atoms with Gasteiger partial charge >= 0.3 is 8.25 Å². The van der Waals surface area contributed by atoms with Crippen LogP contribution in [0.3, 0.4) is 0 Å². The maximum Gasteiger partial charge on any atom is 0.314 e. The maximum absolute atomic E-state index is 8.74. The molecule has 0 amide bonds. The van der Waals surface area contributed by atoms with Crippen molar-refractivity contribution < 1.29 is 19.5 Å². The maximum atomic E-state index is 8.74. The van der Waals surface area contributed by atoms with Gasteiger partial charge in [-0.1, -0.05) is 58.3 Å². The van der Waals surface area contributed by atoms with Crippen molar-refractivity contribution in [1.82, 2.24) is 0 Å². The fourth-order valence-electron chi connectivity index (χ4n) is 1.42. The highest BCUT2D eigenvalue weighted by molar-refractivity contribution is 7.30. The van der Waals surface area contributed by atoms with Gasteiger partial charge in [-0.3, -0.25) is 4.57 Å². The van der Waals surface area contributed by atoms with E-state index in [4.69, 9.17) is 19.5 Å². The normalized spacial score (nSPS) is 10.1. The molecule has 0 aliphatic carbocycles. The molecule has 0 aromatic carbocycles. The molecule has 0 radical (unpaired) electrons. The fraction of sp³-hybridized carbons (Fsp3) is 1.00. The van der Waals surface area contributed by atoms with Crippen LogP contribution >= 0.6 is 8.25 Å². The zero-order chi connectivity index (χ0) is 12.6. The number of rotatable bonds is 9. The third-order valence-electron chi connectivity index (χ3n) is 2.26. The van der Waals surface area contributed by atoms with Crippen molar-refractivity contribution in [2.75, 3.05) is 6.61 Å². The zero-order valence-electron chi connectivity index (χ0n) is 10.3. The first-order chi connectivity index (χ1) is 7.65. The van der Waals surface area contributed by atoms with Crippen LogP contribution in [0.25, 0.3) is 0 Å². The zero-order valence-corrected chi connectivity index (χ0v) is 11.3. The monoisotopic (exact) mass is 254 g/mol. The Labute approximate surface area is 99.7 Å². The van der Waals surface area contributed by atoms with Gasteiger partial charge in [-0.05, 0) is 6.42 Å². The Morgan fingerprint density at radius 3 is 1.44 bits per heavy atom. The predicted octanol–water partition coefficient (Wildman–Crippen LogP) is 2.87. The van der Waals surface area contributed by atoms with Crippen LogP contribution in [0.2, 0.25) is 0 Å². The molecule has 0 spiro atoms. The van der Waals surface area contributed by atoms with Crippen molar-refractivity contribution in [2.45, 2.75) is 64.7 Å². The smallest absolute Gasteiger partial charge is 0.314 e. The van der Waals surface area contributed by atoms with E-state index in [9.17, 15) is 0 Å².